The van der Waals surface area contributed by atoms with E-state index in [0.717, 1.165) is 11.3 Å². The Morgan fingerprint density at radius 1 is 1.53 bits per heavy atom. The molecular weight excluding hydrogens is 192 g/mol. The van der Waals surface area contributed by atoms with Gasteiger partial charge in [0.1, 0.15) is 0 Å². The molecule has 0 radical (unpaired) electrons. The molecule has 0 saturated heterocycles. The van der Waals surface area contributed by atoms with Crippen LogP contribution in [0.5, 0.6) is 0 Å². The zero-order chi connectivity index (χ0) is 10.8. The Hall–Kier alpha value is -1.97. The van der Waals surface area contributed by atoms with Crippen LogP contribution in [0.2, 0.25) is 0 Å². The van der Waals surface area contributed by atoms with Gasteiger partial charge in [-0.25, -0.2) is 0 Å². The van der Waals surface area contributed by atoms with Gasteiger partial charge in [-0.2, -0.15) is 0 Å². The molecule has 1 heterocycles. The highest BCUT2D eigenvalue weighted by atomic mass is 16.5. The normalized spacial score (nSPS) is 16.3. The molecule has 0 spiro atoms. The standard InChI is InChI=1S/C11H12N2O2/c1-2-15-6-9-8-5-7(12)3-4-10(8)13-11(9)14/h3-6H,2,12H2,1H3,(H,13,14). The zero-order valence-corrected chi connectivity index (χ0v) is 8.41. The fraction of sp³-hybridized carbons (Fsp3) is 0.182. The van der Waals surface area contributed by atoms with E-state index in [9.17, 15) is 4.79 Å². The van der Waals surface area contributed by atoms with Crippen molar-refractivity contribution in [2.24, 2.45) is 0 Å². The van der Waals surface area contributed by atoms with Crippen LogP contribution in [0.3, 0.4) is 0 Å². The minimum Gasteiger partial charge on any atom is -0.501 e. The number of carbonyl (C=O) groups excluding carboxylic acids is 1. The first-order chi connectivity index (χ1) is 7.22. The number of nitrogen functional groups attached to an aromatic ring is 1. The third kappa shape index (κ3) is 1.66. The van der Waals surface area contributed by atoms with Crippen molar-refractivity contribution in [1.82, 2.24) is 0 Å². The van der Waals surface area contributed by atoms with Gasteiger partial charge in [-0.1, -0.05) is 0 Å². The Morgan fingerprint density at radius 2 is 2.33 bits per heavy atom. The van der Waals surface area contributed by atoms with E-state index in [0.29, 0.717) is 17.9 Å². The van der Waals surface area contributed by atoms with Crippen molar-refractivity contribution in [3.8, 4) is 0 Å². The Kier molecular flexibility index (Phi) is 2.33. The number of rotatable bonds is 2. The summed E-state index contributed by atoms with van der Waals surface area (Å²) in [5.41, 5.74) is 8.40. The molecule has 1 aromatic carbocycles. The van der Waals surface area contributed by atoms with E-state index < -0.39 is 0 Å². The summed E-state index contributed by atoms with van der Waals surface area (Å²) in [6.07, 6.45) is 1.47. The van der Waals surface area contributed by atoms with Gasteiger partial charge in [0.25, 0.3) is 5.91 Å². The average Bonchev–Trinajstić information content (AvgIpc) is 2.51. The lowest BCUT2D eigenvalue weighted by atomic mass is 10.1. The minimum absolute atomic E-state index is 0.149. The maximum atomic E-state index is 11.5. The van der Waals surface area contributed by atoms with Crippen molar-refractivity contribution in [3.63, 3.8) is 0 Å². The molecule has 4 nitrogen and oxygen atoms in total. The number of benzene rings is 1. The van der Waals surface area contributed by atoms with Gasteiger partial charge in [-0.05, 0) is 25.1 Å². The van der Waals surface area contributed by atoms with Gasteiger partial charge >= 0.3 is 0 Å². The van der Waals surface area contributed by atoms with Crippen molar-refractivity contribution in [1.29, 1.82) is 0 Å². The molecule has 1 aliphatic heterocycles. The lowest BCUT2D eigenvalue weighted by molar-refractivity contribution is -0.110. The number of hydrogen-bond donors (Lipinski definition) is 2. The Balaban J connectivity index is 2.44. The molecule has 0 bridgehead atoms. The summed E-state index contributed by atoms with van der Waals surface area (Å²) in [4.78, 5) is 11.5. The quantitative estimate of drug-likeness (QED) is 0.437. The van der Waals surface area contributed by atoms with Gasteiger partial charge in [0, 0.05) is 16.9 Å². The molecule has 0 saturated carbocycles. The fourth-order valence-electron chi connectivity index (χ4n) is 1.49. The number of carbonyl (C=O) groups is 1. The highest BCUT2D eigenvalue weighted by molar-refractivity contribution is 6.31. The van der Waals surface area contributed by atoms with Gasteiger partial charge in [0.05, 0.1) is 18.4 Å². The van der Waals surface area contributed by atoms with Crippen LogP contribution < -0.4 is 11.1 Å². The first kappa shape index (κ1) is 9.58. The second kappa shape index (κ2) is 3.65. The van der Waals surface area contributed by atoms with Crippen LogP contribution in [0, 0.1) is 0 Å². The predicted octanol–water partition coefficient (Wildman–Crippen LogP) is 1.60. The number of amides is 1. The predicted molar refractivity (Wildman–Crippen MR) is 59.1 cm³/mol. The molecule has 78 valence electrons. The summed E-state index contributed by atoms with van der Waals surface area (Å²) in [6, 6.07) is 5.30. The highest BCUT2D eigenvalue weighted by Gasteiger charge is 2.24. The van der Waals surface area contributed by atoms with Crippen LogP contribution in [0.4, 0.5) is 11.4 Å². The van der Waals surface area contributed by atoms with Crippen molar-refractivity contribution in [2.75, 3.05) is 17.7 Å². The van der Waals surface area contributed by atoms with E-state index in [2.05, 4.69) is 5.32 Å². The molecule has 15 heavy (non-hydrogen) atoms. The lowest BCUT2D eigenvalue weighted by Gasteiger charge is -2.00. The molecule has 1 amide bonds. The maximum absolute atomic E-state index is 11.5. The number of ether oxygens (including phenoxy) is 1. The first-order valence-corrected chi connectivity index (χ1v) is 4.75. The number of hydrogen-bond acceptors (Lipinski definition) is 3. The second-order valence-corrected chi connectivity index (χ2v) is 3.25. The van der Waals surface area contributed by atoms with Crippen molar-refractivity contribution < 1.29 is 9.53 Å². The third-order valence-corrected chi connectivity index (χ3v) is 2.19. The van der Waals surface area contributed by atoms with Crippen molar-refractivity contribution in [3.05, 3.63) is 30.0 Å². The van der Waals surface area contributed by atoms with Crippen LogP contribution >= 0.6 is 0 Å². The molecule has 1 aromatic rings. The van der Waals surface area contributed by atoms with E-state index in [1.54, 1.807) is 18.2 Å². The van der Waals surface area contributed by atoms with E-state index in [1.165, 1.54) is 6.26 Å². The monoisotopic (exact) mass is 204 g/mol. The fourth-order valence-corrected chi connectivity index (χ4v) is 1.49. The zero-order valence-electron chi connectivity index (χ0n) is 8.41. The van der Waals surface area contributed by atoms with Gasteiger partial charge in [-0.15, -0.1) is 0 Å². The van der Waals surface area contributed by atoms with Gasteiger partial charge in [0.15, 0.2) is 0 Å². The van der Waals surface area contributed by atoms with Crippen LogP contribution in [-0.2, 0) is 9.53 Å². The van der Waals surface area contributed by atoms with E-state index in [-0.39, 0.29) is 5.91 Å². The van der Waals surface area contributed by atoms with Gasteiger partial charge in [-0.3, -0.25) is 4.79 Å². The summed E-state index contributed by atoms with van der Waals surface area (Å²) < 4.78 is 5.12. The summed E-state index contributed by atoms with van der Waals surface area (Å²) in [5, 5.41) is 2.74. The smallest absolute Gasteiger partial charge is 0.259 e. The van der Waals surface area contributed by atoms with Crippen LogP contribution in [0.25, 0.3) is 5.57 Å². The number of nitrogens with two attached hydrogens (primary N) is 1. The van der Waals surface area contributed by atoms with Crippen molar-refractivity contribution in [2.45, 2.75) is 6.92 Å². The largest absolute Gasteiger partial charge is 0.501 e. The molecule has 2 rings (SSSR count). The summed E-state index contributed by atoms with van der Waals surface area (Å²) in [5.74, 6) is -0.149. The number of fused-ring (bicyclic) bond motifs is 1. The first-order valence-electron chi connectivity index (χ1n) is 4.75. The molecule has 4 heteroatoms. The molecule has 0 aliphatic carbocycles. The van der Waals surface area contributed by atoms with Crippen LogP contribution in [0.15, 0.2) is 24.5 Å². The molecule has 0 aromatic heterocycles. The van der Waals surface area contributed by atoms with E-state index in [4.69, 9.17) is 10.5 Å². The molecular formula is C11H12N2O2. The second-order valence-electron chi connectivity index (χ2n) is 3.25. The minimum atomic E-state index is -0.149. The van der Waals surface area contributed by atoms with Crippen LogP contribution in [-0.4, -0.2) is 12.5 Å². The Labute approximate surface area is 87.7 Å². The van der Waals surface area contributed by atoms with E-state index >= 15 is 0 Å². The Morgan fingerprint density at radius 3 is 3.07 bits per heavy atom. The maximum Gasteiger partial charge on any atom is 0.259 e. The Bertz CT molecular complexity index is 438. The lowest BCUT2D eigenvalue weighted by Crippen LogP contribution is -2.04. The highest BCUT2D eigenvalue weighted by Crippen LogP contribution is 2.32. The molecule has 0 fully saturated rings. The molecule has 0 atom stereocenters. The van der Waals surface area contributed by atoms with Crippen molar-refractivity contribution >= 4 is 22.9 Å². The summed E-state index contributed by atoms with van der Waals surface area (Å²) in [6.45, 7) is 2.40. The topological polar surface area (TPSA) is 64.3 Å². The third-order valence-electron chi connectivity index (χ3n) is 2.19. The average molecular weight is 204 g/mol. The molecule has 0 unspecified atom stereocenters. The van der Waals surface area contributed by atoms with E-state index in [1.807, 2.05) is 6.92 Å². The van der Waals surface area contributed by atoms with Gasteiger partial charge in [0.2, 0.25) is 0 Å². The molecule has 3 N–H and O–H groups in total. The summed E-state index contributed by atoms with van der Waals surface area (Å²) in [7, 11) is 0. The summed E-state index contributed by atoms with van der Waals surface area (Å²) >= 11 is 0. The SMILES string of the molecule is CCOC=C1C(=O)Nc2ccc(N)cc21. The van der Waals surface area contributed by atoms with Crippen LogP contribution in [0.1, 0.15) is 12.5 Å². The molecule has 1 aliphatic rings. The number of nitrogens with one attached hydrogen (secondary N) is 1. The van der Waals surface area contributed by atoms with Gasteiger partial charge < -0.3 is 15.8 Å². The number of anilines is 2.